The maximum atomic E-state index is 13.0. The summed E-state index contributed by atoms with van der Waals surface area (Å²) < 4.78 is 44.0. The molecule has 2 nitrogen and oxygen atoms in total. The third-order valence-electron chi connectivity index (χ3n) is 2.57. The lowest BCUT2D eigenvalue weighted by atomic mass is 10.2. The Morgan fingerprint density at radius 1 is 0.947 bits per heavy atom. The molecule has 0 amide bonds. The molecule has 0 saturated heterocycles. The van der Waals surface area contributed by atoms with Gasteiger partial charge in [0.2, 0.25) is 0 Å². The van der Waals surface area contributed by atoms with Crippen molar-refractivity contribution < 1.29 is 23.0 Å². The van der Waals surface area contributed by atoms with Crippen molar-refractivity contribution in [3.63, 3.8) is 0 Å². The first-order chi connectivity index (χ1) is 9.10. The fourth-order valence-corrected chi connectivity index (χ4v) is 1.60. The van der Waals surface area contributed by atoms with Crippen LogP contribution in [0.15, 0.2) is 36.4 Å². The van der Waals surface area contributed by atoms with Crippen LogP contribution in [0, 0.1) is 17.5 Å². The van der Waals surface area contributed by atoms with Crippen molar-refractivity contribution in [2.75, 3.05) is 0 Å². The summed E-state index contributed by atoms with van der Waals surface area (Å²) in [4.78, 5) is 0. The van der Waals surface area contributed by atoms with Gasteiger partial charge >= 0.3 is 0 Å². The number of hydrogen-bond acceptors (Lipinski definition) is 2. The van der Waals surface area contributed by atoms with Crippen molar-refractivity contribution >= 4 is 0 Å². The van der Waals surface area contributed by atoms with Crippen molar-refractivity contribution in [2.45, 2.75) is 13.2 Å². The zero-order valence-corrected chi connectivity index (χ0v) is 9.87. The zero-order valence-electron chi connectivity index (χ0n) is 9.87. The van der Waals surface area contributed by atoms with Gasteiger partial charge in [-0.1, -0.05) is 6.07 Å². The van der Waals surface area contributed by atoms with Crippen LogP contribution in [-0.4, -0.2) is 5.11 Å². The molecule has 0 aliphatic carbocycles. The second kappa shape index (κ2) is 5.75. The molecule has 0 spiro atoms. The summed E-state index contributed by atoms with van der Waals surface area (Å²) in [5.74, 6) is -2.07. The van der Waals surface area contributed by atoms with Crippen molar-refractivity contribution in [1.29, 1.82) is 0 Å². The third-order valence-corrected chi connectivity index (χ3v) is 2.57. The zero-order chi connectivity index (χ0) is 13.8. The maximum absolute atomic E-state index is 13.0. The van der Waals surface area contributed by atoms with Gasteiger partial charge in [-0.2, -0.15) is 0 Å². The molecule has 0 fully saturated rings. The van der Waals surface area contributed by atoms with Crippen LogP contribution in [0.2, 0.25) is 0 Å². The standard InChI is InChI=1S/C14H11F3O2/c15-11-2-4-14(10(6-11)7-18)19-8-9-1-3-12(16)13(17)5-9/h1-6,18H,7-8H2. The molecule has 19 heavy (non-hydrogen) atoms. The van der Waals surface area contributed by atoms with E-state index in [4.69, 9.17) is 9.84 Å². The highest BCUT2D eigenvalue weighted by Gasteiger charge is 2.07. The van der Waals surface area contributed by atoms with Crippen molar-refractivity contribution in [1.82, 2.24) is 0 Å². The summed E-state index contributed by atoms with van der Waals surface area (Å²) >= 11 is 0. The van der Waals surface area contributed by atoms with Crippen LogP contribution in [0.1, 0.15) is 11.1 Å². The average Bonchev–Trinajstić information content (AvgIpc) is 2.41. The number of rotatable bonds is 4. The van der Waals surface area contributed by atoms with Crippen LogP contribution in [0.3, 0.4) is 0 Å². The Labute approximate surface area is 108 Å². The van der Waals surface area contributed by atoms with Gasteiger partial charge in [-0.25, -0.2) is 13.2 Å². The van der Waals surface area contributed by atoms with Gasteiger partial charge in [-0.3, -0.25) is 0 Å². The first kappa shape index (κ1) is 13.4. The highest BCUT2D eigenvalue weighted by atomic mass is 19.2. The molecule has 2 aromatic rings. The quantitative estimate of drug-likeness (QED) is 0.922. The monoisotopic (exact) mass is 268 g/mol. The summed E-state index contributed by atoms with van der Waals surface area (Å²) in [6.45, 7) is -0.374. The number of aliphatic hydroxyl groups is 1. The minimum Gasteiger partial charge on any atom is -0.489 e. The van der Waals surface area contributed by atoms with Gasteiger partial charge in [-0.05, 0) is 35.9 Å². The van der Waals surface area contributed by atoms with E-state index in [1.165, 1.54) is 18.2 Å². The smallest absolute Gasteiger partial charge is 0.159 e. The highest BCUT2D eigenvalue weighted by molar-refractivity contribution is 5.33. The van der Waals surface area contributed by atoms with E-state index in [1.54, 1.807) is 0 Å². The van der Waals surface area contributed by atoms with E-state index in [2.05, 4.69) is 0 Å². The minimum absolute atomic E-state index is 0.00413. The summed E-state index contributed by atoms with van der Waals surface area (Å²) in [5.41, 5.74) is 0.731. The molecule has 100 valence electrons. The molecule has 0 saturated carbocycles. The Kier molecular flexibility index (Phi) is 4.06. The molecule has 0 aliphatic rings. The minimum atomic E-state index is -0.956. The Morgan fingerprint density at radius 2 is 1.74 bits per heavy atom. The normalized spacial score (nSPS) is 10.5. The van der Waals surface area contributed by atoms with Crippen LogP contribution in [0.4, 0.5) is 13.2 Å². The van der Waals surface area contributed by atoms with Crippen LogP contribution in [-0.2, 0) is 13.2 Å². The second-order valence-corrected chi connectivity index (χ2v) is 3.95. The van der Waals surface area contributed by atoms with Gasteiger partial charge in [0.1, 0.15) is 18.2 Å². The van der Waals surface area contributed by atoms with Gasteiger partial charge in [0.05, 0.1) is 6.61 Å². The first-order valence-electron chi connectivity index (χ1n) is 5.56. The molecular weight excluding hydrogens is 257 g/mol. The van der Waals surface area contributed by atoms with Gasteiger partial charge in [0.15, 0.2) is 11.6 Å². The van der Waals surface area contributed by atoms with Crippen molar-refractivity contribution in [3.05, 3.63) is 65.0 Å². The lowest BCUT2D eigenvalue weighted by Crippen LogP contribution is -2.00. The van der Waals surface area contributed by atoms with E-state index >= 15 is 0 Å². The Balaban J connectivity index is 2.12. The molecule has 2 rings (SSSR count). The Morgan fingerprint density at radius 3 is 2.42 bits per heavy atom. The van der Waals surface area contributed by atoms with E-state index in [9.17, 15) is 13.2 Å². The van der Waals surface area contributed by atoms with Gasteiger partial charge in [-0.15, -0.1) is 0 Å². The lowest BCUT2D eigenvalue weighted by molar-refractivity contribution is 0.258. The Hall–Kier alpha value is -2.01. The average molecular weight is 268 g/mol. The van der Waals surface area contributed by atoms with Crippen LogP contribution in [0.5, 0.6) is 5.75 Å². The third kappa shape index (κ3) is 3.26. The summed E-state index contributed by atoms with van der Waals surface area (Å²) in [7, 11) is 0. The molecule has 0 unspecified atom stereocenters. The number of benzene rings is 2. The largest absolute Gasteiger partial charge is 0.489 e. The number of aliphatic hydroxyl groups excluding tert-OH is 1. The molecule has 0 aromatic heterocycles. The van der Waals surface area contributed by atoms with Gasteiger partial charge < -0.3 is 9.84 Å². The summed E-state index contributed by atoms with van der Waals surface area (Å²) in [6.07, 6.45) is 0. The van der Waals surface area contributed by atoms with E-state index < -0.39 is 17.5 Å². The summed E-state index contributed by atoms with van der Waals surface area (Å²) in [6, 6.07) is 7.14. The molecule has 0 atom stereocenters. The highest BCUT2D eigenvalue weighted by Crippen LogP contribution is 2.21. The maximum Gasteiger partial charge on any atom is 0.159 e. The van der Waals surface area contributed by atoms with E-state index in [0.29, 0.717) is 16.9 Å². The topological polar surface area (TPSA) is 29.5 Å². The number of ether oxygens (including phenoxy) is 1. The van der Waals surface area contributed by atoms with E-state index in [0.717, 1.165) is 18.2 Å². The SMILES string of the molecule is OCc1cc(F)ccc1OCc1ccc(F)c(F)c1. The Bertz CT molecular complexity index is 585. The lowest BCUT2D eigenvalue weighted by Gasteiger charge is -2.10. The molecule has 0 heterocycles. The predicted octanol–water partition coefficient (Wildman–Crippen LogP) is 3.18. The first-order valence-corrected chi connectivity index (χ1v) is 5.56. The number of hydrogen-bond donors (Lipinski definition) is 1. The number of halogens is 3. The van der Waals surface area contributed by atoms with Gasteiger partial charge in [0.25, 0.3) is 0 Å². The fourth-order valence-electron chi connectivity index (χ4n) is 1.60. The molecular formula is C14H11F3O2. The molecule has 0 radical (unpaired) electrons. The summed E-state index contributed by atoms with van der Waals surface area (Å²) in [5, 5.41) is 9.06. The van der Waals surface area contributed by atoms with Crippen LogP contribution in [0.25, 0.3) is 0 Å². The molecule has 2 aromatic carbocycles. The van der Waals surface area contributed by atoms with Gasteiger partial charge in [0, 0.05) is 5.56 Å². The fraction of sp³-hybridized carbons (Fsp3) is 0.143. The molecule has 1 N–H and O–H groups in total. The van der Waals surface area contributed by atoms with E-state index in [1.807, 2.05) is 0 Å². The van der Waals surface area contributed by atoms with Crippen molar-refractivity contribution in [2.24, 2.45) is 0 Å². The van der Waals surface area contributed by atoms with Crippen LogP contribution >= 0.6 is 0 Å². The molecule has 5 heteroatoms. The van der Waals surface area contributed by atoms with E-state index in [-0.39, 0.29) is 13.2 Å². The van der Waals surface area contributed by atoms with Crippen molar-refractivity contribution in [3.8, 4) is 5.75 Å². The second-order valence-electron chi connectivity index (χ2n) is 3.95. The molecule has 0 aliphatic heterocycles. The predicted molar refractivity (Wildman–Crippen MR) is 63.0 cm³/mol. The molecule has 0 bridgehead atoms. The van der Waals surface area contributed by atoms with Crippen LogP contribution < -0.4 is 4.74 Å².